The molecule has 1 aliphatic carbocycles. The fraction of sp³-hybridized carbons (Fsp3) is 0.150. The lowest BCUT2D eigenvalue weighted by Crippen LogP contribution is -2.17. The zero-order valence-corrected chi connectivity index (χ0v) is 14.0. The summed E-state index contributed by atoms with van der Waals surface area (Å²) in [7, 11) is 0. The lowest BCUT2D eigenvalue weighted by molar-refractivity contribution is 0.292. The second-order valence-corrected chi connectivity index (χ2v) is 5.41. The molecule has 0 saturated carbocycles. The summed E-state index contributed by atoms with van der Waals surface area (Å²) in [6.45, 7) is 5.31. The number of benzene rings is 1. The van der Waals surface area contributed by atoms with Gasteiger partial charge in [0.15, 0.2) is 0 Å². The minimum Gasteiger partial charge on any atom is -0.399 e. The highest BCUT2D eigenvalue weighted by atomic mass is 16.3. The van der Waals surface area contributed by atoms with Crippen LogP contribution in [0.25, 0.3) is 0 Å². The number of hydrogen-bond acceptors (Lipinski definition) is 5. The number of aliphatic hydroxyl groups is 1. The molecule has 25 heavy (non-hydrogen) atoms. The number of nitrogens with two attached hydrogens (primary N) is 1. The lowest BCUT2D eigenvalue weighted by atomic mass is 10.0. The highest BCUT2D eigenvalue weighted by Gasteiger charge is 2.07. The van der Waals surface area contributed by atoms with Gasteiger partial charge in [-0.15, -0.1) is 6.42 Å². The van der Waals surface area contributed by atoms with Gasteiger partial charge < -0.3 is 21.5 Å². The molecule has 0 heterocycles. The summed E-state index contributed by atoms with van der Waals surface area (Å²) in [5, 5.41) is 15.1. The van der Waals surface area contributed by atoms with E-state index in [2.05, 4.69) is 28.1 Å². The first-order chi connectivity index (χ1) is 12.1. The molecule has 5 heteroatoms. The van der Waals surface area contributed by atoms with E-state index < -0.39 is 0 Å². The summed E-state index contributed by atoms with van der Waals surface area (Å²) in [5.41, 5.74) is 9.87. The Bertz CT molecular complexity index is 794. The molecule has 1 aromatic rings. The Kier molecular flexibility index (Phi) is 6.78. The molecule has 0 amide bonds. The standard InChI is InChI=1S/C20H22N4O/c1-3-5-17-13-18(21)8-9-20(17)24-15(2)23-19-7-4-6-16(12-19)14-22-10-11-25/h1,4-9,12-13,22-23,25H,2,10-11,14,21H2/b17-5-,24-20?. The van der Waals surface area contributed by atoms with Crippen LogP contribution < -0.4 is 16.4 Å². The number of allylic oxidation sites excluding steroid dienone is 5. The molecule has 0 unspecified atom stereocenters. The van der Waals surface area contributed by atoms with Gasteiger partial charge in [-0.25, -0.2) is 4.99 Å². The third-order valence-corrected chi connectivity index (χ3v) is 3.38. The van der Waals surface area contributed by atoms with Gasteiger partial charge in [-0.2, -0.15) is 0 Å². The summed E-state index contributed by atoms with van der Waals surface area (Å²) in [5.74, 6) is 2.99. The number of nitrogens with one attached hydrogen (secondary N) is 2. The average molecular weight is 334 g/mol. The second-order valence-electron chi connectivity index (χ2n) is 5.41. The number of anilines is 1. The number of hydrogen-bond donors (Lipinski definition) is 4. The lowest BCUT2D eigenvalue weighted by Gasteiger charge is -2.12. The fourth-order valence-electron chi connectivity index (χ4n) is 2.29. The molecule has 0 saturated heterocycles. The van der Waals surface area contributed by atoms with E-state index in [0.29, 0.717) is 30.3 Å². The Morgan fingerprint density at radius 2 is 2.24 bits per heavy atom. The average Bonchev–Trinajstić information content (AvgIpc) is 2.58. The Labute approximate surface area is 148 Å². The van der Waals surface area contributed by atoms with E-state index in [9.17, 15) is 0 Å². The van der Waals surface area contributed by atoms with Crippen molar-refractivity contribution in [2.75, 3.05) is 18.5 Å². The van der Waals surface area contributed by atoms with E-state index in [1.165, 1.54) is 0 Å². The van der Waals surface area contributed by atoms with Crippen molar-refractivity contribution in [1.29, 1.82) is 0 Å². The van der Waals surface area contributed by atoms with E-state index in [0.717, 1.165) is 16.8 Å². The second kappa shape index (κ2) is 9.28. The van der Waals surface area contributed by atoms with Crippen LogP contribution in [0.4, 0.5) is 5.69 Å². The van der Waals surface area contributed by atoms with Gasteiger partial charge in [-0.05, 0) is 42.0 Å². The third-order valence-electron chi connectivity index (χ3n) is 3.38. The van der Waals surface area contributed by atoms with Crippen molar-refractivity contribution in [3.8, 4) is 12.3 Å². The number of aliphatic imine (C=N–C) groups is 1. The maximum absolute atomic E-state index is 8.81. The molecular weight excluding hydrogens is 312 g/mol. The predicted octanol–water partition coefficient (Wildman–Crippen LogP) is 2.06. The molecular formula is C20H22N4O. The Balaban J connectivity index is 2.07. The highest BCUT2D eigenvalue weighted by Crippen LogP contribution is 2.16. The smallest absolute Gasteiger partial charge is 0.123 e. The van der Waals surface area contributed by atoms with Crippen LogP contribution in [0.3, 0.4) is 0 Å². The van der Waals surface area contributed by atoms with Crippen molar-refractivity contribution in [3.63, 3.8) is 0 Å². The normalized spacial score (nSPS) is 16.6. The molecule has 0 aliphatic heterocycles. The fourth-order valence-corrected chi connectivity index (χ4v) is 2.29. The Morgan fingerprint density at radius 1 is 1.40 bits per heavy atom. The van der Waals surface area contributed by atoms with Crippen LogP contribution in [0.2, 0.25) is 0 Å². The molecule has 5 nitrogen and oxygen atoms in total. The van der Waals surface area contributed by atoms with E-state index in [4.69, 9.17) is 17.3 Å². The molecule has 2 rings (SSSR count). The van der Waals surface area contributed by atoms with Gasteiger partial charge in [0.05, 0.1) is 12.3 Å². The van der Waals surface area contributed by atoms with Gasteiger partial charge in [-0.3, -0.25) is 0 Å². The van der Waals surface area contributed by atoms with Crippen LogP contribution in [0.5, 0.6) is 0 Å². The highest BCUT2D eigenvalue weighted by molar-refractivity contribution is 6.12. The van der Waals surface area contributed by atoms with E-state index in [1.54, 1.807) is 24.3 Å². The Hall–Kier alpha value is -3.07. The summed E-state index contributed by atoms with van der Waals surface area (Å²) in [4.78, 5) is 4.48. The van der Waals surface area contributed by atoms with E-state index in [1.807, 2.05) is 24.3 Å². The first kappa shape index (κ1) is 18.3. The van der Waals surface area contributed by atoms with Crippen molar-refractivity contribution in [2.45, 2.75) is 6.54 Å². The van der Waals surface area contributed by atoms with Gasteiger partial charge in [-0.1, -0.05) is 24.6 Å². The minimum absolute atomic E-state index is 0.117. The van der Waals surface area contributed by atoms with Crippen molar-refractivity contribution in [2.24, 2.45) is 10.7 Å². The molecule has 5 N–H and O–H groups in total. The van der Waals surface area contributed by atoms with Crippen LogP contribution in [-0.2, 0) is 6.54 Å². The Morgan fingerprint density at radius 3 is 3.00 bits per heavy atom. The van der Waals surface area contributed by atoms with Gasteiger partial charge in [0.25, 0.3) is 0 Å². The van der Waals surface area contributed by atoms with Gasteiger partial charge in [0, 0.05) is 30.0 Å². The summed E-state index contributed by atoms with van der Waals surface area (Å²) < 4.78 is 0. The first-order valence-corrected chi connectivity index (χ1v) is 7.89. The number of aliphatic hydroxyl groups excluding tert-OH is 1. The van der Waals surface area contributed by atoms with Crippen LogP contribution in [0.15, 0.2) is 77.2 Å². The largest absolute Gasteiger partial charge is 0.399 e. The number of terminal acetylenes is 1. The zero-order chi connectivity index (χ0) is 18.1. The van der Waals surface area contributed by atoms with Crippen LogP contribution in [-0.4, -0.2) is 24.0 Å². The summed E-state index contributed by atoms with van der Waals surface area (Å²) in [6, 6.07) is 7.90. The molecule has 0 radical (unpaired) electrons. The quantitative estimate of drug-likeness (QED) is 0.454. The van der Waals surface area contributed by atoms with Gasteiger partial charge in [0.2, 0.25) is 0 Å². The molecule has 128 valence electrons. The molecule has 0 aromatic heterocycles. The van der Waals surface area contributed by atoms with Crippen molar-refractivity contribution in [3.05, 3.63) is 77.8 Å². The maximum atomic E-state index is 8.81. The summed E-state index contributed by atoms with van der Waals surface area (Å²) in [6.07, 6.45) is 12.3. The van der Waals surface area contributed by atoms with Crippen molar-refractivity contribution >= 4 is 11.4 Å². The van der Waals surface area contributed by atoms with Gasteiger partial charge >= 0.3 is 0 Å². The number of rotatable bonds is 7. The number of nitrogens with zero attached hydrogens (tertiary/aromatic N) is 1. The van der Waals surface area contributed by atoms with Crippen LogP contribution >= 0.6 is 0 Å². The van der Waals surface area contributed by atoms with Crippen LogP contribution in [0.1, 0.15) is 5.56 Å². The molecule has 1 aromatic carbocycles. The van der Waals surface area contributed by atoms with Crippen molar-refractivity contribution in [1.82, 2.24) is 5.32 Å². The van der Waals surface area contributed by atoms with Gasteiger partial charge in [0.1, 0.15) is 5.82 Å². The molecule has 0 spiro atoms. The SMILES string of the molecule is C#C/C=C1/C=C(N)C=CC1=NC(=C)Nc1cccc(CNCCO)c1. The van der Waals surface area contributed by atoms with E-state index in [-0.39, 0.29) is 6.61 Å². The summed E-state index contributed by atoms with van der Waals surface area (Å²) >= 11 is 0. The third kappa shape index (κ3) is 5.81. The molecule has 0 fully saturated rings. The minimum atomic E-state index is 0.117. The van der Waals surface area contributed by atoms with Crippen LogP contribution in [0, 0.1) is 12.3 Å². The van der Waals surface area contributed by atoms with Crippen molar-refractivity contribution < 1.29 is 5.11 Å². The first-order valence-electron chi connectivity index (χ1n) is 7.89. The van der Waals surface area contributed by atoms with E-state index >= 15 is 0 Å². The monoisotopic (exact) mass is 334 g/mol. The topological polar surface area (TPSA) is 82.7 Å². The maximum Gasteiger partial charge on any atom is 0.123 e. The molecule has 0 bridgehead atoms. The zero-order valence-electron chi connectivity index (χ0n) is 14.0. The predicted molar refractivity (Wildman–Crippen MR) is 104 cm³/mol. The molecule has 0 atom stereocenters. The molecule has 1 aliphatic rings.